The van der Waals surface area contributed by atoms with Gasteiger partial charge >= 0.3 is 0 Å². The zero-order valence-electron chi connectivity index (χ0n) is 20.0. The number of benzene rings is 2. The number of hydrogen-bond donors (Lipinski definition) is 0. The van der Waals surface area contributed by atoms with Gasteiger partial charge in [0.2, 0.25) is 5.82 Å². The van der Waals surface area contributed by atoms with E-state index < -0.39 is 17.5 Å². The summed E-state index contributed by atoms with van der Waals surface area (Å²) in [4.78, 5) is 0. The second-order valence-electron chi connectivity index (χ2n) is 9.82. The lowest BCUT2D eigenvalue weighted by molar-refractivity contribution is 0.127. The van der Waals surface area contributed by atoms with Crippen molar-refractivity contribution < 1.29 is 22.6 Å². The Balaban J connectivity index is 1.30. The fourth-order valence-electron chi connectivity index (χ4n) is 5.69. The van der Waals surface area contributed by atoms with Gasteiger partial charge in [-0.3, -0.25) is 0 Å². The number of hydrogen-bond acceptors (Lipinski definition) is 2. The van der Waals surface area contributed by atoms with E-state index in [1.807, 2.05) is 0 Å². The average molecular weight is 473 g/mol. The topological polar surface area (TPSA) is 18.5 Å². The molecule has 2 aliphatic carbocycles. The van der Waals surface area contributed by atoms with Crippen molar-refractivity contribution in [3.05, 3.63) is 60.4 Å². The third-order valence-corrected chi connectivity index (χ3v) is 7.77. The molecule has 0 N–H and O–H groups in total. The first kappa shape index (κ1) is 24.7. The van der Waals surface area contributed by atoms with Gasteiger partial charge in [-0.05, 0) is 112 Å². The number of ether oxygens (including phenoxy) is 2. The first-order chi connectivity index (χ1) is 16.5. The maximum atomic E-state index is 14.7. The molecule has 0 saturated heterocycles. The Morgan fingerprint density at radius 1 is 0.824 bits per heavy atom. The normalized spacial score (nSPS) is 25.1. The maximum absolute atomic E-state index is 14.7. The summed E-state index contributed by atoms with van der Waals surface area (Å²) in [5.74, 6) is 0.101. The lowest BCUT2D eigenvalue weighted by Gasteiger charge is -2.37. The molecule has 5 heteroatoms. The summed E-state index contributed by atoms with van der Waals surface area (Å²) in [5, 5.41) is 0. The minimum Gasteiger partial charge on any atom is -0.491 e. The second kappa shape index (κ2) is 11.3. The van der Waals surface area contributed by atoms with Gasteiger partial charge in [-0.1, -0.05) is 12.1 Å². The molecule has 2 aliphatic rings. The molecule has 0 amide bonds. The van der Waals surface area contributed by atoms with Gasteiger partial charge in [-0.25, -0.2) is 8.78 Å². The first-order valence-electron chi connectivity index (χ1n) is 12.7. The highest BCUT2D eigenvalue weighted by atomic mass is 19.2. The van der Waals surface area contributed by atoms with Crippen LogP contribution in [0.3, 0.4) is 0 Å². The molecule has 0 bridgehead atoms. The summed E-state index contributed by atoms with van der Waals surface area (Å²) < 4.78 is 54.3. The molecule has 0 aromatic heterocycles. The van der Waals surface area contributed by atoms with Gasteiger partial charge in [0.05, 0.1) is 13.2 Å². The van der Waals surface area contributed by atoms with Crippen LogP contribution < -0.4 is 9.47 Å². The Morgan fingerprint density at radius 2 is 1.47 bits per heavy atom. The molecule has 2 saturated carbocycles. The molecule has 0 radical (unpaired) electrons. The van der Waals surface area contributed by atoms with Crippen molar-refractivity contribution in [3.63, 3.8) is 0 Å². The summed E-state index contributed by atoms with van der Waals surface area (Å²) >= 11 is 0. The van der Waals surface area contributed by atoms with Gasteiger partial charge in [0.25, 0.3) is 0 Å². The van der Waals surface area contributed by atoms with Crippen molar-refractivity contribution in [2.24, 2.45) is 23.7 Å². The van der Waals surface area contributed by atoms with Gasteiger partial charge < -0.3 is 9.47 Å². The predicted molar refractivity (Wildman–Crippen MR) is 130 cm³/mol. The monoisotopic (exact) mass is 472 g/mol. The van der Waals surface area contributed by atoms with Crippen LogP contribution in [-0.4, -0.2) is 13.2 Å². The fourth-order valence-corrected chi connectivity index (χ4v) is 5.69. The molecular formula is C29H35F3O2. The van der Waals surface area contributed by atoms with Crippen LogP contribution >= 0.6 is 0 Å². The molecule has 34 heavy (non-hydrogen) atoms. The van der Waals surface area contributed by atoms with Gasteiger partial charge in [0.15, 0.2) is 23.1 Å². The molecule has 2 nitrogen and oxygen atoms in total. The van der Waals surface area contributed by atoms with E-state index in [1.54, 1.807) is 13.0 Å². The first-order valence-corrected chi connectivity index (χ1v) is 12.7. The van der Waals surface area contributed by atoms with Gasteiger partial charge in [0.1, 0.15) is 0 Å². The van der Waals surface area contributed by atoms with E-state index in [2.05, 4.69) is 12.7 Å². The van der Waals surface area contributed by atoms with E-state index >= 15 is 0 Å². The van der Waals surface area contributed by atoms with Crippen LogP contribution in [0.15, 0.2) is 43.0 Å². The van der Waals surface area contributed by atoms with Crippen molar-refractivity contribution >= 4 is 0 Å². The summed E-state index contributed by atoms with van der Waals surface area (Å²) in [6, 6.07) is 7.03. The lowest BCUT2D eigenvalue weighted by atomic mass is 9.69. The van der Waals surface area contributed by atoms with Crippen LogP contribution in [0, 0.1) is 41.1 Å². The van der Waals surface area contributed by atoms with Crippen molar-refractivity contribution in [2.75, 3.05) is 13.2 Å². The predicted octanol–water partition coefficient (Wildman–Crippen LogP) is 8.35. The molecule has 0 aliphatic heterocycles. The Hall–Kier alpha value is -2.43. The summed E-state index contributed by atoms with van der Waals surface area (Å²) in [6.07, 6.45) is 12.0. The Kier molecular flexibility index (Phi) is 8.23. The van der Waals surface area contributed by atoms with Crippen molar-refractivity contribution in [1.82, 2.24) is 0 Å². The van der Waals surface area contributed by atoms with Gasteiger partial charge in [-0.15, -0.1) is 6.58 Å². The van der Waals surface area contributed by atoms with Gasteiger partial charge in [-0.2, -0.15) is 4.39 Å². The Morgan fingerprint density at radius 3 is 2.09 bits per heavy atom. The van der Waals surface area contributed by atoms with Gasteiger partial charge in [0, 0.05) is 5.56 Å². The van der Waals surface area contributed by atoms with E-state index in [4.69, 9.17) is 9.47 Å². The average Bonchev–Trinajstić information content (AvgIpc) is 2.87. The zero-order chi connectivity index (χ0) is 24.1. The standard InChI is InChI=1S/C29H35F3O2/c1-3-19-5-9-21(10-6-19)22-11-7-20(8-12-22)18-34-26-15-13-23(17-25(26)30)24-14-16-27(33-4-2)29(32)28(24)31/h3,13-17,19-22H,1,4-12,18H2,2H3. The van der Waals surface area contributed by atoms with Crippen molar-refractivity contribution in [3.8, 4) is 22.6 Å². The highest BCUT2D eigenvalue weighted by molar-refractivity contribution is 5.66. The van der Waals surface area contributed by atoms with Crippen LogP contribution in [0.4, 0.5) is 13.2 Å². The van der Waals surface area contributed by atoms with Crippen molar-refractivity contribution in [1.29, 1.82) is 0 Å². The molecule has 2 fully saturated rings. The SMILES string of the molecule is C=CC1CCC(C2CCC(COc3ccc(-c4ccc(OCC)c(F)c4F)cc3F)CC2)CC1. The van der Waals surface area contributed by atoms with E-state index in [-0.39, 0.29) is 29.2 Å². The Labute approximate surface area is 201 Å². The molecule has 4 rings (SSSR count). The molecule has 0 heterocycles. The second-order valence-corrected chi connectivity index (χ2v) is 9.82. The smallest absolute Gasteiger partial charge is 0.201 e. The zero-order valence-corrected chi connectivity index (χ0v) is 20.0. The molecule has 0 atom stereocenters. The van der Waals surface area contributed by atoms with Crippen LogP contribution in [0.2, 0.25) is 0 Å². The third kappa shape index (κ3) is 5.61. The van der Waals surface area contributed by atoms with Crippen molar-refractivity contribution in [2.45, 2.75) is 58.3 Å². The van der Waals surface area contributed by atoms with Crippen LogP contribution in [-0.2, 0) is 0 Å². The highest BCUT2D eigenvalue weighted by Crippen LogP contribution is 2.42. The third-order valence-electron chi connectivity index (χ3n) is 7.77. The lowest BCUT2D eigenvalue weighted by Crippen LogP contribution is -2.27. The van der Waals surface area contributed by atoms with Crippen LogP contribution in [0.25, 0.3) is 11.1 Å². The molecular weight excluding hydrogens is 437 g/mol. The maximum Gasteiger partial charge on any atom is 0.201 e. The molecule has 0 spiro atoms. The highest BCUT2D eigenvalue weighted by Gasteiger charge is 2.30. The Bertz CT molecular complexity index is 974. The molecule has 184 valence electrons. The van der Waals surface area contributed by atoms with Crippen LogP contribution in [0.1, 0.15) is 58.3 Å². The summed E-state index contributed by atoms with van der Waals surface area (Å²) in [7, 11) is 0. The summed E-state index contributed by atoms with van der Waals surface area (Å²) in [5.41, 5.74) is 0.253. The largest absolute Gasteiger partial charge is 0.491 e. The van der Waals surface area contributed by atoms with E-state index in [0.29, 0.717) is 18.4 Å². The summed E-state index contributed by atoms with van der Waals surface area (Å²) in [6.45, 7) is 6.35. The molecule has 2 aromatic rings. The number of rotatable bonds is 8. The van der Waals surface area contributed by atoms with E-state index in [0.717, 1.165) is 24.7 Å². The number of allylic oxidation sites excluding steroid dienone is 1. The van der Waals surface area contributed by atoms with E-state index in [1.165, 1.54) is 62.8 Å². The fraction of sp³-hybridized carbons (Fsp3) is 0.517. The van der Waals surface area contributed by atoms with E-state index in [9.17, 15) is 13.2 Å². The quantitative estimate of drug-likeness (QED) is 0.360. The molecule has 0 unspecified atom stereocenters. The minimum absolute atomic E-state index is 0.00755. The molecule has 2 aromatic carbocycles. The van der Waals surface area contributed by atoms with Crippen LogP contribution in [0.5, 0.6) is 11.5 Å². The number of halogens is 3. The minimum atomic E-state index is -1.07.